The zero-order chi connectivity index (χ0) is 36.6. The quantitative estimate of drug-likeness (QED) is 0.163. The summed E-state index contributed by atoms with van der Waals surface area (Å²) >= 11 is 0. The van der Waals surface area contributed by atoms with E-state index in [1.54, 1.807) is 0 Å². The van der Waals surface area contributed by atoms with E-state index in [1.807, 2.05) is 42.5 Å². The highest BCUT2D eigenvalue weighted by Crippen LogP contribution is 2.42. The van der Waals surface area contributed by atoms with E-state index in [0.29, 0.717) is 11.4 Å². The molecule has 0 N–H and O–H groups in total. The Morgan fingerprint density at radius 3 is 1.42 bits per heavy atom. The van der Waals surface area contributed by atoms with Crippen LogP contribution in [0.25, 0.3) is 103 Å². The average Bonchev–Trinajstić information content (AvgIpc) is 3.88. The van der Waals surface area contributed by atoms with Crippen LogP contribution in [-0.2, 0) is 0 Å². The van der Waals surface area contributed by atoms with Crippen molar-refractivity contribution in [2.24, 2.45) is 0 Å². The molecule has 0 bridgehead atoms. The SMILES string of the molecule is [C-]#[N+]c1ccc2c(c1)c1ccccc1n2-c1c([N+]#[C-])cccc1-c1ccc(-n2c3ccccc3c3cc(-n4c5ccccc5c5ccccc54)ccc32)cc1. The minimum Gasteiger partial charge on any atom is -0.318 e. The van der Waals surface area contributed by atoms with Gasteiger partial charge in [0.2, 0.25) is 5.69 Å². The third kappa shape index (κ3) is 4.45. The van der Waals surface area contributed by atoms with Gasteiger partial charge in [-0.2, -0.15) is 0 Å². The van der Waals surface area contributed by atoms with Gasteiger partial charge in [-0.25, -0.2) is 9.69 Å². The molecule has 0 aliphatic heterocycles. The maximum absolute atomic E-state index is 8.22. The minimum atomic E-state index is 0.569. The highest BCUT2D eigenvalue weighted by molar-refractivity contribution is 6.13. The van der Waals surface area contributed by atoms with Gasteiger partial charge in [-0.3, -0.25) is 0 Å². The predicted octanol–water partition coefficient (Wildman–Crippen LogP) is 13.7. The van der Waals surface area contributed by atoms with Gasteiger partial charge < -0.3 is 13.7 Å². The first-order valence-electron chi connectivity index (χ1n) is 18.3. The Hall–Kier alpha value is -7.86. The summed E-state index contributed by atoms with van der Waals surface area (Å²) < 4.78 is 6.92. The van der Waals surface area contributed by atoms with Gasteiger partial charge in [-0.05, 0) is 83.2 Å². The van der Waals surface area contributed by atoms with Crippen molar-refractivity contribution < 1.29 is 0 Å². The summed E-state index contributed by atoms with van der Waals surface area (Å²) in [6, 6.07) is 61.4. The molecule has 0 aliphatic carbocycles. The zero-order valence-corrected chi connectivity index (χ0v) is 29.5. The van der Waals surface area contributed by atoms with E-state index >= 15 is 0 Å². The Morgan fingerprint density at radius 2 is 0.818 bits per heavy atom. The fraction of sp³-hybridized carbons (Fsp3) is 0. The Bertz CT molecular complexity index is 3400. The van der Waals surface area contributed by atoms with E-state index in [1.165, 1.54) is 32.6 Å². The molecule has 0 fully saturated rings. The van der Waals surface area contributed by atoms with Crippen molar-refractivity contribution in [3.63, 3.8) is 0 Å². The molecule has 3 heterocycles. The van der Waals surface area contributed by atoms with E-state index in [4.69, 9.17) is 13.1 Å². The maximum Gasteiger partial charge on any atom is 0.211 e. The molecule has 0 saturated heterocycles. The van der Waals surface area contributed by atoms with Crippen molar-refractivity contribution in [1.82, 2.24) is 13.7 Å². The minimum absolute atomic E-state index is 0.569. The predicted molar refractivity (Wildman–Crippen MR) is 227 cm³/mol. The highest BCUT2D eigenvalue weighted by atomic mass is 15.0. The molecule has 0 atom stereocenters. The lowest BCUT2D eigenvalue weighted by molar-refractivity contribution is 1.16. The van der Waals surface area contributed by atoms with Crippen molar-refractivity contribution in [1.29, 1.82) is 0 Å². The van der Waals surface area contributed by atoms with Gasteiger partial charge in [-0.1, -0.05) is 109 Å². The van der Waals surface area contributed by atoms with Crippen molar-refractivity contribution >= 4 is 76.8 Å². The normalized spacial score (nSPS) is 11.6. The Balaban J connectivity index is 1.08. The van der Waals surface area contributed by atoms with Crippen LogP contribution in [0.3, 0.4) is 0 Å². The van der Waals surface area contributed by atoms with Crippen molar-refractivity contribution in [2.75, 3.05) is 0 Å². The van der Waals surface area contributed by atoms with Gasteiger partial charge in [0.05, 0.1) is 51.9 Å². The zero-order valence-electron chi connectivity index (χ0n) is 29.5. The highest BCUT2D eigenvalue weighted by Gasteiger charge is 2.20. The fourth-order valence-electron chi connectivity index (χ4n) is 8.73. The van der Waals surface area contributed by atoms with Crippen LogP contribution in [0.4, 0.5) is 11.4 Å². The lowest BCUT2D eigenvalue weighted by atomic mass is 10.0. The molecular weight excluding hydrogens is 671 g/mol. The topological polar surface area (TPSA) is 23.5 Å². The number of rotatable bonds is 4. The van der Waals surface area contributed by atoms with E-state index < -0.39 is 0 Å². The van der Waals surface area contributed by atoms with Crippen LogP contribution in [0.1, 0.15) is 0 Å². The van der Waals surface area contributed by atoms with Gasteiger partial charge in [-0.15, -0.1) is 0 Å². The summed E-state index contributed by atoms with van der Waals surface area (Å²) in [5.41, 5.74) is 12.8. The molecule has 5 nitrogen and oxygen atoms in total. The molecule has 0 amide bonds. The summed E-state index contributed by atoms with van der Waals surface area (Å²) in [6.07, 6.45) is 0. The second kappa shape index (κ2) is 11.8. The average molecular weight is 700 g/mol. The number of hydrogen-bond donors (Lipinski definition) is 0. The smallest absolute Gasteiger partial charge is 0.211 e. The van der Waals surface area contributed by atoms with E-state index in [0.717, 1.165) is 61.0 Å². The van der Waals surface area contributed by atoms with Gasteiger partial charge in [0.15, 0.2) is 5.69 Å². The number of para-hydroxylation sites is 5. The molecule has 11 aromatic rings. The molecule has 254 valence electrons. The molecular formula is C50H29N5. The number of aromatic nitrogens is 3. The second-order valence-electron chi connectivity index (χ2n) is 13.9. The van der Waals surface area contributed by atoms with Gasteiger partial charge in [0.25, 0.3) is 0 Å². The summed E-state index contributed by atoms with van der Waals surface area (Å²) in [7, 11) is 0. The largest absolute Gasteiger partial charge is 0.318 e. The summed E-state index contributed by atoms with van der Waals surface area (Å²) in [6.45, 7) is 15.8. The monoisotopic (exact) mass is 699 g/mol. The summed E-state index contributed by atoms with van der Waals surface area (Å²) in [4.78, 5) is 7.72. The lowest BCUT2D eigenvalue weighted by Crippen LogP contribution is -1.98. The van der Waals surface area contributed by atoms with Crippen molar-refractivity contribution in [3.05, 3.63) is 199 Å². The van der Waals surface area contributed by atoms with E-state index in [9.17, 15) is 0 Å². The molecule has 0 unspecified atom stereocenters. The molecule has 0 aliphatic rings. The first-order valence-corrected chi connectivity index (χ1v) is 18.3. The Labute approximate surface area is 316 Å². The molecule has 0 radical (unpaired) electrons. The number of benzene rings is 8. The van der Waals surface area contributed by atoms with Crippen LogP contribution >= 0.6 is 0 Å². The first kappa shape index (κ1) is 30.7. The first-order chi connectivity index (χ1) is 27.2. The van der Waals surface area contributed by atoms with Gasteiger partial charge in [0, 0.05) is 38.3 Å². The van der Waals surface area contributed by atoms with E-state index in [2.05, 4.69) is 157 Å². The van der Waals surface area contributed by atoms with E-state index in [-0.39, 0.29) is 0 Å². The standard InChI is InChI=1S/C50H29N5/c1-51-33-24-28-49-41(30-33)39-14-6-10-21-47(39)55(49)50-36(16-11-17-43(50)52-2)32-22-25-34(26-23-32)53-46-20-9-5-15-40(46)42-31-35(27-29-48(42)53)54-44-18-7-3-12-37(44)38-13-4-8-19-45(38)54/h3-31H. The van der Waals surface area contributed by atoms with Crippen LogP contribution in [0.2, 0.25) is 0 Å². The number of nitrogens with zero attached hydrogens (tertiary/aromatic N) is 5. The molecule has 11 rings (SSSR count). The molecule has 0 saturated carbocycles. The third-order valence-electron chi connectivity index (χ3n) is 11.1. The van der Waals surface area contributed by atoms with Crippen molar-refractivity contribution in [3.8, 4) is 28.2 Å². The molecule has 5 heteroatoms. The van der Waals surface area contributed by atoms with Crippen LogP contribution in [0, 0.1) is 13.1 Å². The van der Waals surface area contributed by atoms with Crippen LogP contribution < -0.4 is 0 Å². The fourth-order valence-corrected chi connectivity index (χ4v) is 8.73. The number of fused-ring (bicyclic) bond motifs is 9. The Morgan fingerprint density at radius 1 is 0.345 bits per heavy atom. The van der Waals surface area contributed by atoms with Crippen molar-refractivity contribution in [2.45, 2.75) is 0 Å². The number of hydrogen-bond acceptors (Lipinski definition) is 0. The summed E-state index contributed by atoms with van der Waals surface area (Å²) in [5, 5.41) is 6.94. The lowest BCUT2D eigenvalue weighted by Gasteiger charge is -2.17. The molecule has 0 spiro atoms. The molecule has 8 aromatic carbocycles. The third-order valence-corrected chi connectivity index (χ3v) is 11.1. The van der Waals surface area contributed by atoms with Gasteiger partial charge in [0.1, 0.15) is 0 Å². The van der Waals surface area contributed by atoms with Crippen LogP contribution in [-0.4, -0.2) is 13.7 Å². The molecule has 3 aromatic heterocycles. The second-order valence-corrected chi connectivity index (χ2v) is 13.9. The van der Waals surface area contributed by atoms with Crippen LogP contribution in [0.15, 0.2) is 176 Å². The summed E-state index contributed by atoms with van der Waals surface area (Å²) in [5.74, 6) is 0. The van der Waals surface area contributed by atoms with Gasteiger partial charge >= 0.3 is 0 Å². The maximum atomic E-state index is 8.22. The molecule has 55 heavy (non-hydrogen) atoms. The van der Waals surface area contributed by atoms with Crippen LogP contribution in [0.5, 0.6) is 0 Å². The Kier molecular flexibility index (Phi) is 6.61.